The van der Waals surface area contributed by atoms with E-state index in [-0.39, 0.29) is 12.0 Å². The van der Waals surface area contributed by atoms with Crippen LogP contribution in [0.25, 0.3) is 22.5 Å². The standard InChI is InChI=1S/C29H31N3OS/c1-20(21-12-5-4-6-13-21)28(33-19-11-18-32(2)3)29-30-26-22-14-7-9-16-24(22)34-25-17-10-8-15-23(25)27(26)31-29/h4-10,12-17,20,28H,11,18-19H2,1-3H3,(H,30,31). The van der Waals surface area contributed by atoms with E-state index in [2.05, 4.69) is 110 Å². The van der Waals surface area contributed by atoms with E-state index in [1.165, 1.54) is 26.5 Å². The largest absolute Gasteiger partial charge is 0.370 e. The molecule has 1 aromatic heterocycles. The third kappa shape index (κ3) is 4.69. The maximum absolute atomic E-state index is 6.55. The van der Waals surface area contributed by atoms with Crippen LogP contribution < -0.4 is 0 Å². The van der Waals surface area contributed by atoms with E-state index < -0.39 is 0 Å². The molecule has 0 aliphatic carbocycles. The van der Waals surface area contributed by atoms with Gasteiger partial charge in [-0.25, -0.2) is 4.98 Å². The van der Waals surface area contributed by atoms with Crippen molar-refractivity contribution in [2.24, 2.45) is 0 Å². The van der Waals surface area contributed by atoms with Crippen LogP contribution in [-0.2, 0) is 4.74 Å². The van der Waals surface area contributed by atoms with Crippen LogP contribution in [0, 0.1) is 0 Å². The molecule has 1 N–H and O–H groups in total. The molecule has 174 valence electrons. The van der Waals surface area contributed by atoms with Crippen LogP contribution >= 0.6 is 11.8 Å². The number of hydrogen-bond acceptors (Lipinski definition) is 4. The molecule has 4 nitrogen and oxygen atoms in total. The first-order valence-electron chi connectivity index (χ1n) is 11.9. The number of H-pyrrole nitrogens is 1. The van der Waals surface area contributed by atoms with Gasteiger partial charge in [-0.05, 0) is 44.8 Å². The molecule has 2 heterocycles. The summed E-state index contributed by atoms with van der Waals surface area (Å²) in [5.41, 5.74) is 5.69. The number of nitrogens with zero attached hydrogens (tertiary/aromatic N) is 2. The summed E-state index contributed by atoms with van der Waals surface area (Å²) in [5, 5.41) is 0. The summed E-state index contributed by atoms with van der Waals surface area (Å²) in [7, 11) is 4.20. The Morgan fingerprint density at radius 3 is 2.26 bits per heavy atom. The number of aromatic nitrogens is 2. The van der Waals surface area contributed by atoms with Gasteiger partial charge in [-0.2, -0.15) is 0 Å². The van der Waals surface area contributed by atoms with Crippen molar-refractivity contribution in [3.8, 4) is 22.5 Å². The lowest BCUT2D eigenvalue weighted by Crippen LogP contribution is -2.18. The fraction of sp³-hybridized carbons (Fsp3) is 0.276. The van der Waals surface area contributed by atoms with Crippen LogP contribution in [0.1, 0.15) is 36.8 Å². The summed E-state index contributed by atoms with van der Waals surface area (Å²) in [6.45, 7) is 3.92. The van der Waals surface area contributed by atoms with E-state index in [1.54, 1.807) is 11.8 Å². The third-order valence-electron chi connectivity index (χ3n) is 6.34. The molecule has 5 rings (SSSR count). The van der Waals surface area contributed by atoms with Crippen molar-refractivity contribution in [3.63, 3.8) is 0 Å². The maximum Gasteiger partial charge on any atom is 0.137 e. The lowest BCUT2D eigenvalue weighted by atomic mass is 9.95. The van der Waals surface area contributed by atoms with E-state index in [4.69, 9.17) is 9.72 Å². The molecular formula is C29H31N3OS. The monoisotopic (exact) mass is 469 g/mol. The Bertz CT molecular complexity index is 1190. The number of benzene rings is 3. The van der Waals surface area contributed by atoms with Gasteiger partial charge in [-0.3, -0.25) is 0 Å². The Labute approximate surface area is 206 Å². The topological polar surface area (TPSA) is 41.1 Å². The van der Waals surface area contributed by atoms with Crippen LogP contribution in [0.2, 0.25) is 0 Å². The molecule has 1 aliphatic rings. The van der Waals surface area contributed by atoms with Crippen LogP contribution in [0.4, 0.5) is 0 Å². The van der Waals surface area contributed by atoms with Gasteiger partial charge in [0.1, 0.15) is 11.9 Å². The average Bonchev–Trinajstić information content (AvgIpc) is 3.24. The molecule has 0 spiro atoms. The minimum Gasteiger partial charge on any atom is -0.370 e. The zero-order valence-electron chi connectivity index (χ0n) is 20.0. The van der Waals surface area contributed by atoms with Crippen molar-refractivity contribution in [2.75, 3.05) is 27.2 Å². The summed E-state index contributed by atoms with van der Waals surface area (Å²) in [6.07, 6.45) is 0.816. The van der Waals surface area contributed by atoms with Gasteiger partial charge in [0, 0.05) is 33.4 Å². The second-order valence-electron chi connectivity index (χ2n) is 9.09. The molecule has 0 radical (unpaired) electrons. The molecule has 2 atom stereocenters. The van der Waals surface area contributed by atoms with E-state index in [1.807, 2.05) is 0 Å². The smallest absolute Gasteiger partial charge is 0.137 e. The van der Waals surface area contributed by atoms with E-state index in [0.717, 1.165) is 30.2 Å². The summed E-state index contributed by atoms with van der Waals surface area (Å²) < 4.78 is 6.55. The Morgan fingerprint density at radius 2 is 1.53 bits per heavy atom. The fourth-order valence-corrected chi connectivity index (χ4v) is 5.62. The quantitative estimate of drug-likeness (QED) is 0.248. The van der Waals surface area contributed by atoms with Crippen LogP contribution in [0.3, 0.4) is 0 Å². The average molecular weight is 470 g/mol. The normalized spacial score (nSPS) is 14.1. The SMILES string of the molecule is CC(c1ccccc1)C(OCCCN(C)C)c1nc2c([nH]1)-c1ccccc1Sc1ccccc1-2. The Hall–Kier alpha value is -2.86. The lowest BCUT2D eigenvalue weighted by Gasteiger charge is -2.24. The number of imidazole rings is 1. The minimum absolute atomic E-state index is 0.162. The molecule has 34 heavy (non-hydrogen) atoms. The summed E-state index contributed by atoms with van der Waals surface area (Å²) in [5.74, 6) is 1.05. The van der Waals surface area contributed by atoms with E-state index >= 15 is 0 Å². The van der Waals surface area contributed by atoms with Crippen LogP contribution in [0.15, 0.2) is 88.7 Å². The van der Waals surface area contributed by atoms with Gasteiger partial charge >= 0.3 is 0 Å². The van der Waals surface area contributed by atoms with Gasteiger partial charge < -0.3 is 14.6 Å². The molecule has 0 saturated carbocycles. The van der Waals surface area contributed by atoms with Gasteiger partial charge in [-0.15, -0.1) is 0 Å². The van der Waals surface area contributed by atoms with E-state index in [0.29, 0.717) is 6.61 Å². The highest BCUT2D eigenvalue weighted by Crippen LogP contribution is 2.47. The molecule has 0 bridgehead atoms. The van der Waals surface area contributed by atoms with Crippen molar-refractivity contribution in [3.05, 3.63) is 90.3 Å². The Kier molecular flexibility index (Phi) is 6.86. The van der Waals surface area contributed by atoms with Gasteiger partial charge in [-0.1, -0.05) is 85.4 Å². The number of rotatable bonds is 8. The third-order valence-corrected chi connectivity index (χ3v) is 7.49. The second kappa shape index (κ2) is 10.2. The molecule has 0 fully saturated rings. The molecule has 5 heteroatoms. The zero-order chi connectivity index (χ0) is 23.5. The maximum atomic E-state index is 6.55. The fourth-order valence-electron chi connectivity index (χ4n) is 4.53. The summed E-state index contributed by atoms with van der Waals surface area (Å²) in [4.78, 5) is 13.6. The molecule has 0 saturated heterocycles. The predicted molar refractivity (Wildman–Crippen MR) is 140 cm³/mol. The molecule has 1 aliphatic heterocycles. The van der Waals surface area contributed by atoms with Gasteiger partial charge in [0.25, 0.3) is 0 Å². The molecular weight excluding hydrogens is 438 g/mol. The number of aromatic amines is 1. The highest BCUT2D eigenvalue weighted by molar-refractivity contribution is 7.99. The van der Waals surface area contributed by atoms with Crippen LogP contribution in [-0.4, -0.2) is 42.1 Å². The van der Waals surface area contributed by atoms with Crippen molar-refractivity contribution in [1.29, 1.82) is 0 Å². The molecule has 3 aromatic carbocycles. The molecule has 4 aromatic rings. The minimum atomic E-state index is -0.163. The molecule has 0 amide bonds. The highest BCUT2D eigenvalue weighted by Gasteiger charge is 2.29. The van der Waals surface area contributed by atoms with E-state index in [9.17, 15) is 0 Å². The second-order valence-corrected chi connectivity index (χ2v) is 10.2. The number of fused-ring (bicyclic) bond motifs is 5. The number of nitrogens with one attached hydrogen (secondary N) is 1. The summed E-state index contributed by atoms with van der Waals surface area (Å²) in [6, 6.07) is 27.7. The first kappa shape index (κ1) is 22.9. The van der Waals surface area contributed by atoms with Gasteiger partial charge in [0.15, 0.2) is 0 Å². The lowest BCUT2D eigenvalue weighted by molar-refractivity contribution is 0.0275. The van der Waals surface area contributed by atoms with Crippen molar-refractivity contribution >= 4 is 11.8 Å². The first-order chi connectivity index (χ1) is 16.6. The van der Waals surface area contributed by atoms with Crippen LogP contribution in [0.5, 0.6) is 0 Å². The van der Waals surface area contributed by atoms with Crippen molar-refractivity contribution < 1.29 is 4.74 Å². The Morgan fingerprint density at radius 1 is 0.882 bits per heavy atom. The van der Waals surface area contributed by atoms with Gasteiger partial charge in [0.2, 0.25) is 0 Å². The van der Waals surface area contributed by atoms with Crippen molar-refractivity contribution in [2.45, 2.75) is 35.2 Å². The van der Waals surface area contributed by atoms with Crippen molar-refractivity contribution in [1.82, 2.24) is 14.9 Å². The van der Waals surface area contributed by atoms with Gasteiger partial charge in [0.05, 0.1) is 11.4 Å². The Balaban J connectivity index is 1.57. The zero-order valence-corrected chi connectivity index (χ0v) is 20.8. The molecule has 2 unspecified atom stereocenters. The number of ether oxygens (including phenoxy) is 1. The number of hydrogen-bond donors (Lipinski definition) is 1. The predicted octanol–water partition coefficient (Wildman–Crippen LogP) is 7.02. The first-order valence-corrected chi connectivity index (χ1v) is 12.7. The highest BCUT2D eigenvalue weighted by atomic mass is 32.2. The summed E-state index contributed by atoms with van der Waals surface area (Å²) >= 11 is 1.81.